The molecule has 0 radical (unpaired) electrons. The predicted molar refractivity (Wildman–Crippen MR) is 163 cm³/mol. The second kappa shape index (κ2) is 11.2. The van der Waals surface area contributed by atoms with Crippen LogP contribution in [-0.4, -0.2) is 22.5 Å². The Bertz CT molecular complexity index is 1500. The molecular formula is C34H38N4O. The number of hydrogen-bond acceptors (Lipinski definition) is 4. The van der Waals surface area contributed by atoms with E-state index in [1.54, 1.807) is 0 Å². The third-order valence-corrected chi connectivity index (χ3v) is 7.19. The van der Waals surface area contributed by atoms with Crippen molar-refractivity contribution < 1.29 is 4.74 Å². The summed E-state index contributed by atoms with van der Waals surface area (Å²) in [6.45, 7) is 19.4. The van der Waals surface area contributed by atoms with Crippen LogP contribution in [0.5, 0.6) is 5.75 Å². The van der Waals surface area contributed by atoms with Crippen molar-refractivity contribution in [2.75, 3.05) is 11.9 Å². The van der Waals surface area contributed by atoms with Crippen molar-refractivity contribution in [1.82, 2.24) is 15.2 Å². The van der Waals surface area contributed by atoms with Crippen LogP contribution in [0.3, 0.4) is 0 Å². The van der Waals surface area contributed by atoms with Gasteiger partial charge in [-0.15, -0.1) is 0 Å². The summed E-state index contributed by atoms with van der Waals surface area (Å²) in [5.74, 6) is 1.91. The molecular weight excluding hydrogens is 480 g/mol. The molecule has 5 rings (SSSR count). The summed E-state index contributed by atoms with van der Waals surface area (Å²) in [5, 5.41) is 6.94. The Hall–Kier alpha value is -4.38. The smallest absolute Gasteiger partial charge is 0.120 e. The lowest BCUT2D eigenvalue weighted by Crippen LogP contribution is -2.23. The zero-order valence-electron chi connectivity index (χ0n) is 23.4. The molecule has 0 spiro atoms. The van der Waals surface area contributed by atoms with E-state index in [2.05, 4.69) is 134 Å². The van der Waals surface area contributed by atoms with Crippen LogP contribution in [0.2, 0.25) is 0 Å². The number of aromatic nitrogens is 1. The van der Waals surface area contributed by atoms with Gasteiger partial charge in [-0.3, -0.25) is 0 Å². The second-order valence-corrected chi connectivity index (χ2v) is 10.6. The fourth-order valence-electron chi connectivity index (χ4n) is 5.00. The van der Waals surface area contributed by atoms with Gasteiger partial charge in [0.25, 0.3) is 0 Å². The van der Waals surface area contributed by atoms with Crippen molar-refractivity contribution >= 4 is 11.9 Å². The van der Waals surface area contributed by atoms with Crippen molar-refractivity contribution in [1.29, 1.82) is 0 Å². The fourth-order valence-corrected chi connectivity index (χ4v) is 5.00. The van der Waals surface area contributed by atoms with Gasteiger partial charge in [0.15, 0.2) is 0 Å². The van der Waals surface area contributed by atoms with Crippen molar-refractivity contribution in [2.45, 2.75) is 46.9 Å². The minimum atomic E-state index is 0.0866. The number of hydrogen-bond donors (Lipinski definition) is 3. The lowest BCUT2D eigenvalue weighted by molar-refractivity contribution is 0.242. The normalized spacial score (nSPS) is 14.2. The lowest BCUT2D eigenvalue weighted by Gasteiger charge is -2.29. The molecule has 2 aliphatic heterocycles. The molecule has 200 valence electrons. The Morgan fingerprint density at radius 2 is 1.95 bits per heavy atom. The molecule has 0 aliphatic carbocycles. The maximum Gasteiger partial charge on any atom is 0.120 e. The Kier molecular flexibility index (Phi) is 7.51. The first-order valence-electron chi connectivity index (χ1n) is 13.5. The van der Waals surface area contributed by atoms with Gasteiger partial charge in [0.2, 0.25) is 0 Å². The van der Waals surface area contributed by atoms with Crippen molar-refractivity contribution in [3.05, 3.63) is 125 Å². The highest BCUT2D eigenvalue weighted by molar-refractivity contribution is 5.84. The average molecular weight is 519 g/mol. The predicted octanol–water partition coefficient (Wildman–Crippen LogP) is 7.60. The van der Waals surface area contributed by atoms with Gasteiger partial charge >= 0.3 is 0 Å². The zero-order chi connectivity index (χ0) is 27.5. The summed E-state index contributed by atoms with van der Waals surface area (Å²) in [6.07, 6.45) is 12.7. The summed E-state index contributed by atoms with van der Waals surface area (Å²) in [5.41, 5.74) is 11.2. The first kappa shape index (κ1) is 26.2. The maximum atomic E-state index is 6.13. The highest BCUT2D eigenvalue weighted by Gasteiger charge is 2.18. The molecule has 5 nitrogen and oxygen atoms in total. The average Bonchev–Trinajstić information content (AvgIpc) is 3.34. The van der Waals surface area contributed by atoms with Crippen LogP contribution in [0.1, 0.15) is 41.7 Å². The van der Waals surface area contributed by atoms with Gasteiger partial charge in [-0.1, -0.05) is 43.5 Å². The summed E-state index contributed by atoms with van der Waals surface area (Å²) in [7, 11) is 0. The molecule has 0 saturated heterocycles. The van der Waals surface area contributed by atoms with Crippen molar-refractivity contribution in [3.63, 3.8) is 0 Å². The molecule has 0 amide bonds. The van der Waals surface area contributed by atoms with E-state index in [1.165, 1.54) is 22.3 Å². The number of aromatic amines is 1. The molecule has 0 unspecified atom stereocenters. The third kappa shape index (κ3) is 5.88. The van der Waals surface area contributed by atoms with Crippen LogP contribution in [0.25, 0.3) is 17.2 Å². The van der Waals surface area contributed by atoms with Gasteiger partial charge in [0.1, 0.15) is 11.6 Å². The first-order valence-corrected chi connectivity index (χ1v) is 13.5. The molecule has 3 N–H and O–H groups in total. The molecule has 1 aromatic heterocycles. The zero-order valence-corrected chi connectivity index (χ0v) is 23.4. The Morgan fingerprint density at radius 3 is 2.74 bits per heavy atom. The van der Waals surface area contributed by atoms with Gasteiger partial charge in [-0.2, -0.15) is 0 Å². The minimum absolute atomic E-state index is 0.0866. The van der Waals surface area contributed by atoms with E-state index in [1.807, 2.05) is 0 Å². The Morgan fingerprint density at radius 1 is 1.10 bits per heavy atom. The van der Waals surface area contributed by atoms with Crippen LogP contribution >= 0.6 is 0 Å². The van der Waals surface area contributed by atoms with E-state index < -0.39 is 0 Å². The van der Waals surface area contributed by atoms with Crippen LogP contribution in [0, 0.1) is 13.8 Å². The molecule has 2 aliphatic rings. The highest BCUT2D eigenvalue weighted by atomic mass is 16.5. The SMILES string of the molecule is C=C(NCc1cc(OC(C)C)cc(-c2c[nH]c3c2C=CCN3)c1)C1=CC=CN(Cc2ccc(C)c(C)c2)C1=C. The summed E-state index contributed by atoms with van der Waals surface area (Å²) in [4.78, 5) is 5.55. The van der Waals surface area contributed by atoms with Crippen molar-refractivity contribution in [2.24, 2.45) is 0 Å². The number of rotatable bonds is 9. The van der Waals surface area contributed by atoms with E-state index in [4.69, 9.17) is 4.74 Å². The standard InChI is InChI=1S/C34H38N4O/c1-22(2)39-30-17-28(16-29(18-30)33-20-37-34-32(33)9-7-13-35-34)19-36-25(5)31-10-8-14-38(26(31)6)21-27-12-11-23(3)24(4)15-27/h7-12,14-18,20,22,35-37H,5-6,13,19,21H2,1-4H3. The monoisotopic (exact) mass is 518 g/mol. The van der Waals surface area contributed by atoms with Gasteiger partial charge in [0, 0.05) is 60.1 Å². The number of nitrogens with zero attached hydrogens (tertiary/aromatic N) is 1. The highest BCUT2D eigenvalue weighted by Crippen LogP contribution is 2.35. The van der Waals surface area contributed by atoms with Crippen molar-refractivity contribution in [3.8, 4) is 16.9 Å². The molecule has 0 fully saturated rings. The molecule has 0 bridgehead atoms. The molecule has 2 aromatic carbocycles. The number of benzene rings is 2. The summed E-state index contributed by atoms with van der Waals surface area (Å²) < 4.78 is 6.13. The van der Waals surface area contributed by atoms with Gasteiger partial charge in [-0.05, 0) is 85.9 Å². The fraction of sp³-hybridized carbons (Fsp3) is 0.235. The number of nitrogens with one attached hydrogen (secondary N) is 3. The van der Waals surface area contributed by atoms with Gasteiger partial charge in [0.05, 0.1) is 6.10 Å². The Balaban J connectivity index is 1.31. The van der Waals surface area contributed by atoms with Gasteiger partial charge in [-0.25, -0.2) is 0 Å². The van der Waals surface area contributed by atoms with Gasteiger partial charge < -0.3 is 25.3 Å². The Labute approximate surface area is 232 Å². The number of anilines is 1. The van der Waals surface area contributed by atoms with E-state index in [9.17, 15) is 0 Å². The number of ether oxygens (including phenoxy) is 1. The van der Waals surface area contributed by atoms with E-state index in [-0.39, 0.29) is 6.10 Å². The van der Waals surface area contributed by atoms with Crippen LogP contribution < -0.4 is 15.4 Å². The number of H-pyrrole nitrogens is 1. The van der Waals surface area contributed by atoms with Crippen LogP contribution in [0.4, 0.5) is 5.82 Å². The maximum absolute atomic E-state index is 6.13. The third-order valence-electron chi connectivity index (χ3n) is 7.19. The number of allylic oxidation sites excluding steroid dienone is 2. The van der Waals surface area contributed by atoms with E-state index in [0.717, 1.165) is 58.3 Å². The van der Waals surface area contributed by atoms with Crippen LogP contribution in [0.15, 0.2) is 97.1 Å². The molecule has 3 heterocycles. The van der Waals surface area contributed by atoms with E-state index >= 15 is 0 Å². The second-order valence-electron chi connectivity index (χ2n) is 10.6. The van der Waals surface area contributed by atoms with E-state index in [0.29, 0.717) is 6.54 Å². The van der Waals surface area contributed by atoms with Crippen LogP contribution in [-0.2, 0) is 13.1 Å². The molecule has 0 atom stereocenters. The molecule has 39 heavy (non-hydrogen) atoms. The largest absolute Gasteiger partial charge is 0.491 e. The molecule has 5 heteroatoms. The summed E-state index contributed by atoms with van der Waals surface area (Å²) >= 11 is 0. The quantitative estimate of drug-likeness (QED) is 0.273. The minimum Gasteiger partial charge on any atom is -0.491 e. The first-order chi connectivity index (χ1) is 18.8. The molecule has 0 saturated carbocycles. The topological polar surface area (TPSA) is 52.3 Å². The number of aryl methyl sites for hydroxylation is 2. The number of fused-ring (bicyclic) bond motifs is 1. The summed E-state index contributed by atoms with van der Waals surface area (Å²) in [6, 6.07) is 13.1. The lowest BCUT2D eigenvalue weighted by atomic mass is 9.99. The molecule has 3 aromatic rings.